The zero-order chi connectivity index (χ0) is 13.8. The van der Waals surface area contributed by atoms with Crippen LogP contribution in [0.4, 0.5) is 4.79 Å². The minimum atomic E-state index is -0.993. The molecule has 1 amide bonds. The molecule has 6 nitrogen and oxygen atoms in total. The Balaban J connectivity index is 2.37. The summed E-state index contributed by atoms with van der Waals surface area (Å²) in [5.41, 5.74) is 6.47. The topological polar surface area (TPSA) is 95.2 Å². The third-order valence-electron chi connectivity index (χ3n) is 2.27. The second kappa shape index (κ2) is 5.45. The minimum Gasteiger partial charge on any atom is -0.374 e. The van der Waals surface area contributed by atoms with E-state index in [9.17, 15) is 9.59 Å². The van der Waals surface area contributed by atoms with Crippen molar-refractivity contribution in [1.82, 2.24) is 9.97 Å². The number of amides is 1. The van der Waals surface area contributed by atoms with E-state index in [1.165, 1.54) is 18.5 Å². The first-order chi connectivity index (χ1) is 9.10. The van der Waals surface area contributed by atoms with Gasteiger partial charge in [-0.25, -0.2) is 14.8 Å². The van der Waals surface area contributed by atoms with Gasteiger partial charge in [0.1, 0.15) is 0 Å². The molecule has 0 radical (unpaired) electrons. The average molecular weight is 278 g/mol. The van der Waals surface area contributed by atoms with Crippen molar-refractivity contribution in [2.24, 2.45) is 5.73 Å². The van der Waals surface area contributed by atoms with Crippen LogP contribution >= 0.6 is 11.6 Å². The zero-order valence-corrected chi connectivity index (χ0v) is 10.3. The summed E-state index contributed by atoms with van der Waals surface area (Å²) in [6.07, 6.45) is 2.53. The van der Waals surface area contributed by atoms with Crippen molar-refractivity contribution >= 4 is 24.0 Å². The molecule has 1 aromatic carbocycles. The van der Waals surface area contributed by atoms with Gasteiger partial charge in [0.2, 0.25) is 0 Å². The van der Waals surface area contributed by atoms with Crippen molar-refractivity contribution in [2.45, 2.75) is 0 Å². The Hall–Kier alpha value is -2.47. The molecule has 0 saturated heterocycles. The lowest BCUT2D eigenvalue weighted by Gasteiger charge is -2.05. The monoisotopic (exact) mass is 277 g/mol. The fourth-order valence-electron chi connectivity index (χ4n) is 1.49. The van der Waals surface area contributed by atoms with Crippen molar-refractivity contribution in [1.29, 1.82) is 0 Å². The smallest absolute Gasteiger partial charge is 0.374 e. The maximum atomic E-state index is 11.0. The van der Waals surface area contributed by atoms with E-state index in [-0.39, 0.29) is 6.01 Å². The Kier molecular flexibility index (Phi) is 3.72. The molecule has 0 saturated carbocycles. The van der Waals surface area contributed by atoms with Crippen molar-refractivity contribution < 1.29 is 14.3 Å². The molecule has 0 aliphatic heterocycles. The van der Waals surface area contributed by atoms with Crippen LogP contribution in [0.15, 0.2) is 30.6 Å². The molecule has 1 heterocycles. The van der Waals surface area contributed by atoms with Crippen molar-refractivity contribution in [3.8, 4) is 17.1 Å². The van der Waals surface area contributed by atoms with Gasteiger partial charge in [0.15, 0.2) is 6.29 Å². The van der Waals surface area contributed by atoms with Crippen LogP contribution < -0.4 is 10.5 Å². The first kappa shape index (κ1) is 13.0. The van der Waals surface area contributed by atoms with Crippen LogP contribution in [0.3, 0.4) is 0 Å². The molecule has 0 spiro atoms. The molecule has 19 heavy (non-hydrogen) atoms. The van der Waals surface area contributed by atoms with E-state index < -0.39 is 6.09 Å². The molecule has 0 atom stereocenters. The second-order valence-electron chi connectivity index (χ2n) is 3.52. The average Bonchev–Trinajstić information content (AvgIpc) is 2.39. The summed E-state index contributed by atoms with van der Waals surface area (Å²) in [5.74, 6) is 0. The van der Waals surface area contributed by atoms with Crippen LogP contribution in [-0.2, 0) is 0 Å². The van der Waals surface area contributed by atoms with Crippen molar-refractivity contribution in [3.63, 3.8) is 0 Å². The lowest BCUT2D eigenvalue weighted by atomic mass is 10.0. The summed E-state index contributed by atoms with van der Waals surface area (Å²) >= 11 is 5.80. The van der Waals surface area contributed by atoms with Gasteiger partial charge in [-0.05, 0) is 17.7 Å². The highest BCUT2D eigenvalue weighted by molar-refractivity contribution is 6.31. The van der Waals surface area contributed by atoms with E-state index in [4.69, 9.17) is 17.3 Å². The number of nitrogens with two attached hydrogens (primary N) is 1. The maximum absolute atomic E-state index is 11.0. The predicted octanol–water partition coefficient (Wildman–Crippen LogP) is 2.07. The summed E-state index contributed by atoms with van der Waals surface area (Å²) in [6, 6.07) is 4.72. The van der Waals surface area contributed by atoms with E-state index in [2.05, 4.69) is 14.7 Å². The SMILES string of the molecule is NC(=O)Oc1ncc(-c2ccc(Cl)cc2C=O)cn1. The quantitative estimate of drug-likeness (QED) is 0.867. The number of rotatable bonds is 3. The molecule has 2 aromatic rings. The van der Waals surface area contributed by atoms with Gasteiger partial charge in [-0.2, -0.15) is 0 Å². The lowest BCUT2D eigenvalue weighted by molar-refractivity contribution is 0.112. The largest absolute Gasteiger partial charge is 0.412 e. The lowest BCUT2D eigenvalue weighted by Crippen LogP contribution is -2.17. The number of nitrogens with zero attached hydrogens (tertiary/aromatic N) is 2. The van der Waals surface area contributed by atoms with Gasteiger partial charge in [-0.15, -0.1) is 0 Å². The molecular weight excluding hydrogens is 270 g/mol. The molecule has 7 heteroatoms. The van der Waals surface area contributed by atoms with Crippen LogP contribution in [0, 0.1) is 0 Å². The van der Waals surface area contributed by atoms with Gasteiger partial charge in [0.25, 0.3) is 0 Å². The Bertz CT molecular complexity index is 629. The van der Waals surface area contributed by atoms with E-state index in [0.29, 0.717) is 28.0 Å². The van der Waals surface area contributed by atoms with Crippen LogP contribution in [0.25, 0.3) is 11.1 Å². The third-order valence-corrected chi connectivity index (χ3v) is 2.51. The summed E-state index contributed by atoms with van der Waals surface area (Å²) in [5, 5.41) is 0.459. The number of ether oxygens (including phenoxy) is 1. The Labute approximate surface area is 113 Å². The molecule has 96 valence electrons. The number of benzene rings is 1. The number of hydrogen-bond donors (Lipinski definition) is 1. The molecule has 0 unspecified atom stereocenters. The number of aldehydes is 1. The Morgan fingerprint density at radius 1 is 1.32 bits per heavy atom. The summed E-state index contributed by atoms with van der Waals surface area (Å²) < 4.78 is 4.51. The molecule has 0 fully saturated rings. The summed E-state index contributed by atoms with van der Waals surface area (Å²) in [6.45, 7) is 0. The number of aromatic nitrogens is 2. The molecule has 0 bridgehead atoms. The van der Waals surface area contributed by atoms with Crippen molar-refractivity contribution in [3.05, 3.63) is 41.2 Å². The standard InChI is InChI=1S/C12H8ClN3O3/c13-9-1-2-10(7(3-9)6-17)8-4-15-12(16-5-8)19-11(14)18/h1-6H,(H2,14,18). The number of carbonyl (C=O) groups excluding carboxylic acids is 2. The summed E-state index contributed by atoms with van der Waals surface area (Å²) in [7, 11) is 0. The minimum absolute atomic E-state index is 0.155. The van der Waals surface area contributed by atoms with Gasteiger partial charge in [0.05, 0.1) is 0 Å². The number of halogens is 1. The molecule has 2 rings (SSSR count). The molecular formula is C12H8ClN3O3. The van der Waals surface area contributed by atoms with Crippen molar-refractivity contribution in [2.75, 3.05) is 0 Å². The first-order valence-corrected chi connectivity index (χ1v) is 5.52. The zero-order valence-electron chi connectivity index (χ0n) is 9.54. The fourth-order valence-corrected chi connectivity index (χ4v) is 1.67. The Morgan fingerprint density at radius 2 is 2.00 bits per heavy atom. The van der Waals surface area contributed by atoms with Gasteiger partial charge in [-0.1, -0.05) is 17.7 Å². The van der Waals surface area contributed by atoms with Crippen LogP contribution in [0.1, 0.15) is 10.4 Å². The van der Waals surface area contributed by atoms with Crippen LogP contribution in [0.2, 0.25) is 5.02 Å². The number of hydrogen-bond acceptors (Lipinski definition) is 5. The third kappa shape index (κ3) is 3.05. The van der Waals surface area contributed by atoms with Gasteiger partial charge < -0.3 is 10.5 Å². The van der Waals surface area contributed by atoms with E-state index >= 15 is 0 Å². The van der Waals surface area contributed by atoms with E-state index in [1.54, 1.807) is 12.1 Å². The van der Waals surface area contributed by atoms with E-state index in [1.807, 2.05) is 0 Å². The highest BCUT2D eigenvalue weighted by atomic mass is 35.5. The molecule has 0 aliphatic rings. The fraction of sp³-hybridized carbons (Fsp3) is 0. The second-order valence-corrected chi connectivity index (χ2v) is 3.96. The van der Waals surface area contributed by atoms with E-state index in [0.717, 1.165) is 0 Å². The van der Waals surface area contributed by atoms with Crippen LogP contribution in [-0.4, -0.2) is 22.3 Å². The number of primary amides is 1. The molecule has 2 N–H and O–H groups in total. The molecule has 1 aromatic heterocycles. The van der Waals surface area contributed by atoms with Gasteiger partial charge in [0, 0.05) is 28.5 Å². The summed E-state index contributed by atoms with van der Waals surface area (Å²) in [4.78, 5) is 29.1. The van der Waals surface area contributed by atoms with Crippen LogP contribution in [0.5, 0.6) is 6.01 Å². The highest BCUT2D eigenvalue weighted by Gasteiger charge is 2.08. The van der Waals surface area contributed by atoms with Gasteiger partial charge in [-0.3, -0.25) is 4.79 Å². The molecule has 0 aliphatic carbocycles. The Morgan fingerprint density at radius 3 is 2.58 bits per heavy atom. The number of carbonyl (C=O) groups is 2. The normalized spacial score (nSPS) is 9.95. The predicted molar refractivity (Wildman–Crippen MR) is 68.1 cm³/mol. The van der Waals surface area contributed by atoms with Gasteiger partial charge >= 0.3 is 12.1 Å². The maximum Gasteiger partial charge on any atom is 0.412 e. The first-order valence-electron chi connectivity index (χ1n) is 5.14. The highest BCUT2D eigenvalue weighted by Crippen LogP contribution is 2.24.